The van der Waals surface area contributed by atoms with E-state index in [1.165, 1.54) is 4.90 Å². The molecule has 0 aliphatic heterocycles. The van der Waals surface area contributed by atoms with Crippen molar-refractivity contribution in [2.75, 3.05) is 24.7 Å². The van der Waals surface area contributed by atoms with Gasteiger partial charge in [0.25, 0.3) is 11.1 Å². The lowest BCUT2D eigenvalue weighted by Crippen LogP contribution is -2.36. The standard InChI is InChI=1S/C20H22N4O4S/c1-12-6-5-7-13(2)18(12)21-16(25)10-24(4)17(26)11-29-20-23-22-19(28-20)15-8-9-27-14(15)3/h5-9H,10-11H2,1-4H3,(H,21,25). The van der Waals surface area contributed by atoms with Gasteiger partial charge in [0.1, 0.15) is 5.76 Å². The van der Waals surface area contributed by atoms with Crippen molar-refractivity contribution in [3.63, 3.8) is 0 Å². The van der Waals surface area contributed by atoms with Gasteiger partial charge >= 0.3 is 0 Å². The highest BCUT2D eigenvalue weighted by atomic mass is 32.2. The zero-order valence-corrected chi connectivity index (χ0v) is 17.5. The van der Waals surface area contributed by atoms with Crippen LogP contribution in [0.2, 0.25) is 0 Å². The lowest BCUT2D eigenvalue weighted by Gasteiger charge is -2.17. The van der Waals surface area contributed by atoms with E-state index in [-0.39, 0.29) is 29.3 Å². The van der Waals surface area contributed by atoms with Gasteiger partial charge in [-0.2, -0.15) is 0 Å². The van der Waals surface area contributed by atoms with Gasteiger partial charge in [0.15, 0.2) is 0 Å². The van der Waals surface area contributed by atoms with Gasteiger partial charge in [0, 0.05) is 12.7 Å². The van der Waals surface area contributed by atoms with Crippen molar-refractivity contribution in [3.05, 3.63) is 47.4 Å². The Kier molecular flexibility index (Phi) is 6.38. The van der Waals surface area contributed by atoms with E-state index < -0.39 is 0 Å². The third-order valence-electron chi connectivity index (χ3n) is 4.37. The Balaban J connectivity index is 1.51. The number of amides is 2. The maximum absolute atomic E-state index is 12.3. The number of carbonyl (C=O) groups is 2. The van der Waals surface area contributed by atoms with E-state index in [2.05, 4.69) is 15.5 Å². The second kappa shape index (κ2) is 8.95. The van der Waals surface area contributed by atoms with E-state index >= 15 is 0 Å². The minimum absolute atomic E-state index is 0.0452. The molecule has 0 saturated carbocycles. The van der Waals surface area contributed by atoms with E-state index in [9.17, 15) is 9.59 Å². The first-order valence-electron chi connectivity index (χ1n) is 8.96. The van der Waals surface area contributed by atoms with Gasteiger partial charge in [0.05, 0.1) is 24.1 Å². The van der Waals surface area contributed by atoms with Crippen LogP contribution in [-0.4, -0.2) is 46.3 Å². The Morgan fingerprint density at radius 3 is 2.52 bits per heavy atom. The quantitative estimate of drug-likeness (QED) is 0.591. The zero-order valence-electron chi connectivity index (χ0n) is 16.7. The second-order valence-corrected chi connectivity index (χ2v) is 7.54. The highest BCUT2D eigenvalue weighted by Crippen LogP contribution is 2.26. The molecule has 152 valence electrons. The molecule has 9 heteroatoms. The van der Waals surface area contributed by atoms with Crippen LogP contribution in [0.4, 0.5) is 5.69 Å². The number of nitrogens with one attached hydrogen (secondary N) is 1. The predicted molar refractivity (Wildman–Crippen MR) is 110 cm³/mol. The van der Waals surface area contributed by atoms with Crippen molar-refractivity contribution in [2.24, 2.45) is 0 Å². The van der Waals surface area contributed by atoms with Crippen LogP contribution in [0.3, 0.4) is 0 Å². The molecule has 0 radical (unpaired) electrons. The minimum atomic E-state index is -0.251. The summed E-state index contributed by atoms with van der Waals surface area (Å²) in [5, 5.41) is 11.1. The number of para-hydroxylation sites is 1. The molecule has 1 N–H and O–H groups in total. The summed E-state index contributed by atoms with van der Waals surface area (Å²) in [5.41, 5.74) is 3.45. The summed E-state index contributed by atoms with van der Waals surface area (Å²) >= 11 is 1.12. The van der Waals surface area contributed by atoms with Crippen LogP contribution in [-0.2, 0) is 9.59 Å². The van der Waals surface area contributed by atoms with Crippen molar-refractivity contribution in [1.29, 1.82) is 0 Å². The number of hydrogen-bond acceptors (Lipinski definition) is 7. The molecule has 8 nitrogen and oxygen atoms in total. The summed E-state index contributed by atoms with van der Waals surface area (Å²) in [5.74, 6) is 0.632. The first kappa shape index (κ1) is 20.7. The number of furan rings is 1. The Bertz CT molecular complexity index is 1010. The van der Waals surface area contributed by atoms with Crippen molar-refractivity contribution in [2.45, 2.75) is 26.0 Å². The van der Waals surface area contributed by atoms with E-state index in [1.807, 2.05) is 32.0 Å². The van der Waals surface area contributed by atoms with Crippen LogP contribution >= 0.6 is 11.8 Å². The van der Waals surface area contributed by atoms with Crippen LogP contribution in [0.1, 0.15) is 16.9 Å². The Labute approximate surface area is 172 Å². The molecular formula is C20H22N4O4S. The predicted octanol–water partition coefficient (Wildman–Crippen LogP) is 3.44. The van der Waals surface area contributed by atoms with E-state index in [0.717, 1.165) is 34.1 Å². The maximum Gasteiger partial charge on any atom is 0.277 e. The number of carbonyl (C=O) groups excluding carboxylic acids is 2. The number of anilines is 1. The molecular weight excluding hydrogens is 392 g/mol. The molecule has 3 rings (SSSR count). The first-order valence-corrected chi connectivity index (χ1v) is 9.94. The number of likely N-dealkylation sites (N-methyl/N-ethyl adjacent to an activating group) is 1. The van der Waals surface area contributed by atoms with Gasteiger partial charge in [-0.25, -0.2) is 0 Å². The van der Waals surface area contributed by atoms with Crippen molar-refractivity contribution >= 4 is 29.3 Å². The van der Waals surface area contributed by atoms with Gasteiger partial charge in [0.2, 0.25) is 11.8 Å². The molecule has 0 bridgehead atoms. The van der Waals surface area contributed by atoms with Crippen LogP contribution in [0.5, 0.6) is 0 Å². The van der Waals surface area contributed by atoms with Gasteiger partial charge in [-0.3, -0.25) is 9.59 Å². The molecule has 0 saturated heterocycles. The van der Waals surface area contributed by atoms with Crippen LogP contribution < -0.4 is 5.32 Å². The number of hydrogen-bond donors (Lipinski definition) is 1. The fraction of sp³-hybridized carbons (Fsp3) is 0.300. The fourth-order valence-corrected chi connectivity index (χ4v) is 3.42. The van der Waals surface area contributed by atoms with Gasteiger partial charge in [-0.05, 0) is 38.0 Å². The minimum Gasteiger partial charge on any atom is -0.469 e. The Morgan fingerprint density at radius 2 is 1.86 bits per heavy atom. The lowest BCUT2D eigenvalue weighted by molar-refractivity contribution is -0.131. The molecule has 2 amide bonds. The highest BCUT2D eigenvalue weighted by molar-refractivity contribution is 7.99. The van der Waals surface area contributed by atoms with Gasteiger partial charge < -0.3 is 19.1 Å². The second-order valence-electron chi connectivity index (χ2n) is 6.62. The van der Waals surface area contributed by atoms with Crippen molar-refractivity contribution < 1.29 is 18.4 Å². The number of aryl methyl sites for hydroxylation is 3. The number of nitrogens with zero attached hydrogens (tertiary/aromatic N) is 3. The van der Waals surface area contributed by atoms with E-state index in [1.54, 1.807) is 26.3 Å². The van der Waals surface area contributed by atoms with Crippen LogP contribution in [0.15, 0.2) is 44.6 Å². The first-order chi connectivity index (χ1) is 13.8. The van der Waals surface area contributed by atoms with Crippen LogP contribution in [0.25, 0.3) is 11.5 Å². The monoisotopic (exact) mass is 414 g/mol. The molecule has 0 aliphatic rings. The van der Waals surface area contributed by atoms with Crippen molar-refractivity contribution in [1.82, 2.24) is 15.1 Å². The Morgan fingerprint density at radius 1 is 1.14 bits per heavy atom. The normalized spacial score (nSPS) is 10.8. The smallest absolute Gasteiger partial charge is 0.277 e. The molecule has 2 heterocycles. The van der Waals surface area contributed by atoms with E-state index in [4.69, 9.17) is 8.83 Å². The summed E-state index contributed by atoms with van der Waals surface area (Å²) in [4.78, 5) is 26.0. The highest BCUT2D eigenvalue weighted by Gasteiger charge is 2.18. The third-order valence-corrected chi connectivity index (χ3v) is 5.17. The molecule has 2 aromatic heterocycles. The molecule has 0 atom stereocenters. The van der Waals surface area contributed by atoms with E-state index in [0.29, 0.717) is 11.7 Å². The van der Waals surface area contributed by atoms with Gasteiger partial charge in [-0.1, -0.05) is 30.0 Å². The SMILES string of the molecule is Cc1cccc(C)c1NC(=O)CN(C)C(=O)CSc1nnc(-c2ccoc2C)o1. The number of benzene rings is 1. The third kappa shape index (κ3) is 5.05. The topological polar surface area (TPSA) is 101 Å². The van der Waals surface area contributed by atoms with Gasteiger partial charge in [-0.15, -0.1) is 10.2 Å². The number of aromatic nitrogens is 2. The average Bonchev–Trinajstić information content (AvgIpc) is 3.31. The molecule has 0 fully saturated rings. The molecule has 1 aromatic carbocycles. The number of rotatable bonds is 7. The van der Waals surface area contributed by atoms with Crippen molar-refractivity contribution in [3.8, 4) is 11.5 Å². The molecule has 0 spiro atoms. The number of thioether (sulfide) groups is 1. The summed E-state index contributed by atoms with van der Waals surface area (Å²) in [6.45, 7) is 5.61. The lowest BCUT2D eigenvalue weighted by atomic mass is 10.1. The largest absolute Gasteiger partial charge is 0.469 e. The molecule has 0 aliphatic carbocycles. The maximum atomic E-state index is 12.3. The average molecular weight is 414 g/mol. The Hall–Kier alpha value is -3.07. The summed E-state index contributed by atoms with van der Waals surface area (Å²) < 4.78 is 10.8. The molecule has 3 aromatic rings. The molecule has 29 heavy (non-hydrogen) atoms. The molecule has 0 unspecified atom stereocenters. The fourth-order valence-electron chi connectivity index (χ4n) is 2.71. The summed E-state index contributed by atoms with van der Waals surface area (Å²) in [6.07, 6.45) is 1.55. The zero-order chi connectivity index (χ0) is 21.0. The summed E-state index contributed by atoms with van der Waals surface area (Å²) in [6, 6.07) is 7.53. The summed E-state index contributed by atoms with van der Waals surface area (Å²) in [7, 11) is 1.58. The van der Waals surface area contributed by atoms with Crippen LogP contribution in [0, 0.1) is 20.8 Å².